The molecule has 1 aromatic carbocycles. The number of carbonyl (C=O) groups is 2. The molecule has 2 aromatic rings. The Morgan fingerprint density at radius 3 is 2.48 bits per heavy atom. The summed E-state index contributed by atoms with van der Waals surface area (Å²) < 4.78 is 23.3. The van der Waals surface area contributed by atoms with Crippen molar-refractivity contribution in [3.05, 3.63) is 35.9 Å². The molecule has 0 radical (unpaired) electrons. The van der Waals surface area contributed by atoms with E-state index in [-0.39, 0.29) is 9.47 Å². The van der Waals surface area contributed by atoms with E-state index in [1.54, 1.807) is 30.3 Å². The quantitative estimate of drug-likeness (QED) is 0.827. The fourth-order valence-corrected chi connectivity index (χ4v) is 3.69. The molecule has 2 rings (SSSR count). The number of hydrogen-bond acceptors (Lipinski definition) is 7. The van der Waals surface area contributed by atoms with Crippen molar-refractivity contribution in [3.63, 3.8) is 0 Å². The van der Waals surface area contributed by atoms with Crippen molar-refractivity contribution in [1.29, 1.82) is 0 Å². The number of hydrogen-bond donors (Lipinski definition) is 1. The fourth-order valence-electron chi connectivity index (χ4n) is 1.47. The van der Waals surface area contributed by atoms with Crippen LogP contribution in [0.4, 0.5) is 5.13 Å². The maximum Gasteiger partial charge on any atom is 0.257 e. The van der Waals surface area contributed by atoms with Crippen LogP contribution in [0.15, 0.2) is 34.7 Å². The van der Waals surface area contributed by atoms with Crippen molar-refractivity contribution in [3.8, 4) is 0 Å². The second kappa shape index (κ2) is 6.10. The molecule has 110 valence electrons. The molecule has 1 N–H and O–H groups in total. The number of amides is 1. The number of nitrogens with zero attached hydrogens (tertiary/aromatic N) is 2. The Kier molecular flexibility index (Phi) is 4.43. The summed E-state index contributed by atoms with van der Waals surface area (Å²) in [4.78, 5) is 22.8. The highest BCUT2D eigenvalue weighted by molar-refractivity contribution is 7.94. The molecule has 0 aliphatic heterocycles. The van der Waals surface area contributed by atoms with Gasteiger partial charge in [-0.2, -0.15) is 0 Å². The smallest absolute Gasteiger partial charge is 0.257 e. The van der Waals surface area contributed by atoms with E-state index >= 15 is 0 Å². The first kappa shape index (κ1) is 15.3. The number of rotatable bonds is 5. The maximum absolute atomic E-state index is 11.9. The van der Waals surface area contributed by atoms with Gasteiger partial charge in [0.2, 0.25) is 19.3 Å². The molecule has 0 unspecified atom stereocenters. The number of ketones is 1. The molecule has 7 nitrogen and oxygen atoms in total. The molecule has 0 aliphatic rings. The van der Waals surface area contributed by atoms with Crippen LogP contribution in [-0.2, 0) is 14.6 Å². The Morgan fingerprint density at radius 1 is 1.19 bits per heavy atom. The fraction of sp³-hybridized carbons (Fsp3) is 0.167. The summed E-state index contributed by atoms with van der Waals surface area (Å²) >= 11 is 0.710. The largest absolute Gasteiger partial charge is 0.299 e. The molecular formula is C12H11N3O4S2. The Morgan fingerprint density at radius 2 is 1.86 bits per heavy atom. The third-order valence-corrected chi connectivity index (χ3v) is 5.37. The number of aromatic nitrogens is 2. The zero-order valence-electron chi connectivity index (χ0n) is 10.9. The minimum atomic E-state index is -3.80. The number of Topliss-reactive ketones (excluding diaryl/α,β-unsaturated/α-hetero) is 1. The number of benzene rings is 1. The molecule has 0 fully saturated rings. The van der Waals surface area contributed by atoms with Crippen LogP contribution in [-0.4, -0.2) is 36.1 Å². The predicted octanol–water partition coefficient (Wildman–Crippen LogP) is 1.15. The lowest BCUT2D eigenvalue weighted by atomic mass is 10.2. The lowest BCUT2D eigenvalue weighted by molar-refractivity contribution is -0.114. The van der Waals surface area contributed by atoms with Gasteiger partial charge in [0.1, 0.15) is 11.5 Å². The van der Waals surface area contributed by atoms with E-state index in [0.29, 0.717) is 16.9 Å². The van der Waals surface area contributed by atoms with Gasteiger partial charge in [0.15, 0.2) is 0 Å². The molecule has 1 aromatic heterocycles. The first-order chi connectivity index (χ1) is 9.88. The highest BCUT2D eigenvalue weighted by Crippen LogP contribution is 2.21. The van der Waals surface area contributed by atoms with Crippen LogP contribution in [0.2, 0.25) is 0 Å². The standard InChI is InChI=1S/C12H11N3O4S2/c1-8(16)7-21(18,19)12-15-14-11(20-12)13-10(17)9-5-3-2-4-6-9/h2-6H,7H2,1H3,(H,13,14,17). The molecule has 0 saturated carbocycles. The second-order valence-corrected chi connectivity index (χ2v) is 7.30. The second-order valence-electron chi connectivity index (χ2n) is 4.15. The zero-order chi connectivity index (χ0) is 15.5. The zero-order valence-corrected chi connectivity index (χ0v) is 12.6. The minimum Gasteiger partial charge on any atom is -0.299 e. The van der Waals surface area contributed by atoms with Gasteiger partial charge < -0.3 is 0 Å². The van der Waals surface area contributed by atoms with Gasteiger partial charge in [-0.1, -0.05) is 29.5 Å². The molecule has 0 spiro atoms. The Bertz CT molecular complexity index is 769. The first-order valence-corrected chi connectivity index (χ1v) is 8.27. The normalized spacial score (nSPS) is 11.1. The average Bonchev–Trinajstić information content (AvgIpc) is 2.87. The number of carbonyl (C=O) groups excluding carboxylic acids is 2. The third-order valence-electron chi connectivity index (χ3n) is 2.32. The monoisotopic (exact) mass is 325 g/mol. The molecule has 0 bridgehead atoms. The molecule has 0 saturated heterocycles. The molecule has 21 heavy (non-hydrogen) atoms. The van der Waals surface area contributed by atoms with E-state index in [1.807, 2.05) is 0 Å². The first-order valence-electron chi connectivity index (χ1n) is 5.80. The van der Waals surface area contributed by atoms with Gasteiger partial charge in [-0.3, -0.25) is 14.9 Å². The lowest BCUT2D eigenvalue weighted by Gasteiger charge is -1.99. The molecule has 0 atom stereocenters. The summed E-state index contributed by atoms with van der Waals surface area (Å²) in [5, 5.41) is 9.62. The van der Waals surface area contributed by atoms with Crippen LogP contribution >= 0.6 is 11.3 Å². The Hall–Kier alpha value is -2.13. The minimum absolute atomic E-state index is 0.0611. The summed E-state index contributed by atoms with van der Waals surface area (Å²) in [5.41, 5.74) is 0.417. The predicted molar refractivity (Wildman–Crippen MR) is 77.0 cm³/mol. The topological polar surface area (TPSA) is 106 Å². The van der Waals surface area contributed by atoms with Crippen molar-refractivity contribution in [2.24, 2.45) is 0 Å². The third kappa shape index (κ3) is 3.92. The molecule has 1 amide bonds. The molecule has 9 heteroatoms. The van der Waals surface area contributed by atoms with E-state index in [0.717, 1.165) is 0 Å². The van der Waals surface area contributed by atoms with Crippen LogP contribution in [0.1, 0.15) is 17.3 Å². The van der Waals surface area contributed by atoms with E-state index in [1.165, 1.54) is 6.92 Å². The lowest BCUT2D eigenvalue weighted by Crippen LogP contribution is -2.13. The highest BCUT2D eigenvalue weighted by atomic mass is 32.2. The molecular weight excluding hydrogens is 314 g/mol. The summed E-state index contributed by atoms with van der Waals surface area (Å²) in [7, 11) is -3.80. The van der Waals surface area contributed by atoms with E-state index in [2.05, 4.69) is 15.5 Å². The van der Waals surface area contributed by atoms with E-state index < -0.39 is 27.3 Å². The van der Waals surface area contributed by atoms with Gasteiger partial charge in [0.05, 0.1) is 0 Å². The average molecular weight is 325 g/mol. The summed E-state index contributed by atoms with van der Waals surface area (Å²) in [5.74, 6) is -1.53. The van der Waals surface area contributed by atoms with Gasteiger partial charge >= 0.3 is 0 Å². The highest BCUT2D eigenvalue weighted by Gasteiger charge is 2.22. The Balaban J connectivity index is 2.14. The Labute approximate surface area is 124 Å². The SMILES string of the molecule is CC(=O)CS(=O)(=O)c1nnc(NC(=O)c2ccccc2)s1. The van der Waals surface area contributed by atoms with Crippen LogP contribution in [0, 0.1) is 0 Å². The van der Waals surface area contributed by atoms with Crippen molar-refractivity contribution in [1.82, 2.24) is 10.2 Å². The van der Waals surface area contributed by atoms with Crippen LogP contribution < -0.4 is 5.32 Å². The summed E-state index contributed by atoms with van der Waals surface area (Å²) in [6.45, 7) is 1.18. The van der Waals surface area contributed by atoms with Gasteiger partial charge in [-0.05, 0) is 19.1 Å². The number of anilines is 1. The van der Waals surface area contributed by atoms with Crippen molar-refractivity contribution in [2.75, 3.05) is 11.1 Å². The maximum atomic E-state index is 11.9. The van der Waals surface area contributed by atoms with Crippen molar-refractivity contribution < 1.29 is 18.0 Å². The number of nitrogens with one attached hydrogen (secondary N) is 1. The summed E-state index contributed by atoms with van der Waals surface area (Å²) in [6, 6.07) is 8.41. The van der Waals surface area contributed by atoms with Crippen LogP contribution in [0.5, 0.6) is 0 Å². The summed E-state index contributed by atoms with van der Waals surface area (Å²) in [6.07, 6.45) is 0. The van der Waals surface area contributed by atoms with E-state index in [9.17, 15) is 18.0 Å². The molecule has 0 aliphatic carbocycles. The van der Waals surface area contributed by atoms with Crippen LogP contribution in [0.25, 0.3) is 0 Å². The van der Waals surface area contributed by atoms with Crippen molar-refractivity contribution in [2.45, 2.75) is 11.3 Å². The molecule has 1 heterocycles. The van der Waals surface area contributed by atoms with Crippen LogP contribution in [0.3, 0.4) is 0 Å². The van der Waals surface area contributed by atoms with Crippen molar-refractivity contribution >= 4 is 38.0 Å². The van der Waals surface area contributed by atoms with Gasteiger partial charge in [0.25, 0.3) is 5.91 Å². The van der Waals surface area contributed by atoms with Gasteiger partial charge in [0, 0.05) is 5.56 Å². The van der Waals surface area contributed by atoms with E-state index in [4.69, 9.17) is 0 Å². The van der Waals surface area contributed by atoms with Gasteiger partial charge in [-0.15, -0.1) is 10.2 Å². The van der Waals surface area contributed by atoms with Gasteiger partial charge in [-0.25, -0.2) is 8.42 Å². The number of sulfone groups is 1.